The van der Waals surface area contributed by atoms with Crippen LogP contribution < -0.4 is 0 Å². The molecular formula is C7H13BS. The molecule has 0 saturated carbocycles. The molecule has 50 valence electrons. The van der Waals surface area contributed by atoms with Gasteiger partial charge < -0.3 is 0 Å². The molecule has 0 heterocycles. The third-order valence-electron chi connectivity index (χ3n) is 0.916. The lowest BCUT2D eigenvalue weighted by atomic mass is 10.2. The van der Waals surface area contributed by atoms with Crippen LogP contribution in [0.1, 0.15) is 6.92 Å². The van der Waals surface area contributed by atoms with E-state index in [1.165, 1.54) is 0 Å². The van der Waals surface area contributed by atoms with Gasteiger partial charge in [-0.15, -0.1) is 5.98 Å². The van der Waals surface area contributed by atoms with Crippen LogP contribution in [0, 0.1) is 0 Å². The van der Waals surface area contributed by atoms with Gasteiger partial charge in [-0.2, -0.15) is 0 Å². The average molecular weight is 140 g/mol. The third kappa shape index (κ3) is 4.40. The summed E-state index contributed by atoms with van der Waals surface area (Å²) in [6.45, 7) is 2.03. The largest absolute Gasteiger partial charge is 0.208 e. The lowest BCUT2D eigenvalue weighted by molar-refractivity contribution is 1.78. The van der Waals surface area contributed by atoms with Crippen LogP contribution >= 0.6 is 10.0 Å². The van der Waals surface area contributed by atoms with Gasteiger partial charge in [0.25, 0.3) is 0 Å². The Balaban J connectivity index is 4.01. The number of hydrogen-bond donors (Lipinski definition) is 0. The van der Waals surface area contributed by atoms with Gasteiger partial charge in [0.15, 0.2) is 0 Å². The molecule has 0 aromatic carbocycles. The normalized spacial score (nSPS) is 15.4. The maximum atomic E-state index is 5.25. The Morgan fingerprint density at radius 3 is 2.11 bits per heavy atom. The molecular weight excluding hydrogens is 127 g/mol. The molecule has 0 aromatic heterocycles. The first-order chi connectivity index (χ1) is 4.12. The summed E-state index contributed by atoms with van der Waals surface area (Å²) in [4.78, 5) is 0. The van der Waals surface area contributed by atoms with Crippen molar-refractivity contribution in [2.75, 3.05) is 12.5 Å². The predicted octanol–water partition coefficient (Wildman–Crippen LogP) is 2.22. The smallest absolute Gasteiger partial charge is 0.103 e. The summed E-state index contributed by atoms with van der Waals surface area (Å²) in [6, 6.07) is 0. The molecule has 0 aromatic rings. The van der Waals surface area contributed by atoms with Gasteiger partial charge >= 0.3 is 0 Å². The van der Waals surface area contributed by atoms with E-state index < -0.39 is 10.0 Å². The predicted molar refractivity (Wildman–Crippen MR) is 49.1 cm³/mol. The van der Waals surface area contributed by atoms with Crippen molar-refractivity contribution in [3.63, 3.8) is 0 Å². The van der Waals surface area contributed by atoms with Crippen molar-refractivity contribution in [3.8, 4) is 0 Å². The van der Waals surface area contributed by atoms with Gasteiger partial charge in [-0.25, -0.2) is 10.0 Å². The molecule has 9 heavy (non-hydrogen) atoms. The van der Waals surface area contributed by atoms with E-state index in [0.717, 1.165) is 0 Å². The molecule has 0 nitrogen and oxygen atoms in total. The van der Waals surface area contributed by atoms with Gasteiger partial charge in [0.1, 0.15) is 7.85 Å². The summed E-state index contributed by atoms with van der Waals surface area (Å²) < 4.78 is 0. The Hall–Kier alpha value is -0.105. The Morgan fingerprint density at radius 2 is 1.78 bits per heavy atom. The van der Waals surface area contributed by atoms with Gasteiger partial charge in [-0.3, -0.25) is 0 Å². The summed E-state index contributed by atoms with van der Waals surface area (Å²) >= 11 is 0. The molecule has 0 amide bonds. The van der Waals surface area contributed by atoms with Crippen molar-refractivity contribution in [3.05, 3.63) is 22.9 Å². The van der Waals surface area contributed by atoms with Crippen molar-refractivity contribution >= 4 is 17.9 Å². The van der Waals surface area contributed by atoms with Gasteiger partial charge in [-0.05, 0) is 24.8 Å². The van der Waals surface area contributed by atoms with Crippen LogP contribution in [0.5, 0.6) is 0 Å². The number of rotatable bonds is 2. The van der Waals surface area contributed by atoms with Gasteiger partial charge in [0, 0.05) is 0 Å². The highest BCUT2D eigenvalue weighted by molar-refractivity contribution is 8.37. The standard InChI is InChI=1S/C7H13BS/c1-4-6-9(2,3)7-5-8/h4-7H,1-3H3/b6-4?,7-5+. The van der Waals surface area contributed by atoms with E-state index in [4.69, 9.17) is 7.85 Å². The quantitative estimate of drug-likeness (QED) is 0.516. The van der Waals surface area contributed by atoms with Crippen LogP contribution in [0.3, 0.4) is 0 Å². The molecule has 2 radical (unpaired) electrons. The first-order valence-electron chi connectivity index (χ1n) is 2.87. The van der Waals surface area contributed by atoms with E-state index in [1.54, 1.807) is 5.98 Å². The molecule has 0 unspecified atom stereocenters. The lowest BCUT2D eigenvalue weighted by Gasteiger charge is -2.21. The second-order valence-corrected chi connectivity index (χ2v) is 5.80. The molecule has 2 heteroatoms. The SMILES string of the molecule is [B]/C=C/S(C)(C)C=CC. The van der Waals surface area contributed by atoms with Crippen LogP contribution in [-0.4, -0.2) is 20.4 Å². The first kappa shape index (κ1) is 8.89. The molecule has 0 aliphatic rings. The monoisotopic (exact) mass is 140 g/mol. The van der Waals surface area contributed by atoms with E-state index in [0.29, 0.717) is 0 Å². The second kappa shape index (κ2) is 3.83. The summed E-state index contributed by atoms with van der Waals surface area (Å²) in [5.41, 5.74) is 0. The van der Waals surface area contributed by atoms with Crippen LogP contribution in [0.2, 0.25) is 0 Å². The molecule has 0 bridgehead atoms. The molecule has 0 aliphatic carbocycles. The van der Waals surface area contributed by atoms with Crippen LogP contribution in [0.4, 0.5) is 0 Å². The Morgan fingerprint density at radius 1 is 1.22 bits per heavy atom. The molecule has 0 atom stereocenters. The molecule has 0 fully saturated rings. The van der Waals surface area contributed by atoms with Crippen molar-refractivity contribution in [2.24, 2.45) is 0 Å². The number of allylic oxidation sites excluding steroid dienone is 1. The van der Waals surface area contributed by atoms with Gasteiger partial charge in [0.2, 0.25) is 0 Å². The Kier molecular flexibility index (Phi) is 3.79. The minimum atomic E-state index is -0.668. The van der Waals surface area contributed by atoms with E-state index >= 15 is 0 Å². The minimum absolute atomic E-state index is 0.668. The van der Waals surface area contributed by atoms with Crippen LogP contribution in [0.15, 0.2) is 22.9 Å². The maximum Gasteiger partial charge on any atom is 0.103 e. The first-order valence-corrected chi connectivity index (χ1v) is 5.44. The van der Waals surface area contributed by atoms with E-state index in [9.17, 15) is 0 Å². The van der Waals surface area contributed by atoms with Crippen LogP contribution in [0.25, 0.3) is 0 Å². The third-order valence-corrected chi connectivity index (χ3v) is 2.75. The zero-order valence-electron chi connectivity index (χ0n) is 6.29. The summed E-state index contributed by atoms with van der Waals surface area (Å²) in [6.07, 6.45) is 6.45. The molecule has 0 saturated heterocycles. The summed E-state index contributed by atoms with van der Waals surface area (Å²) in [5, 5.41) is 4.24. The lowest BCUT2D eigenvalue weighted by Crippen LogP contribution is -1.82. The zero-order valence-corrected chi connectivity index (χ0v) is 7.11. The van der Waals surface area contributed by atoms with Crippen molar-refractivity contribution in [1.82, 2.24) is 0 Å². The summed E-state index contributed by atoms with van der Waals surface area (Å²) in [5.74, 6) is 1.62. The Labute approximate surface area is 60.8 Å². The van der Waals surface area contributed by atoms with E-state index in [2.05, 4.69) is 24.0 Å². The highest BCUT2D eigenvalue weighted by Crippen LogP contribution is 2.42. The fraction of sp³-hybridized carbons (Fsp3) is 0.429. The molecule has 0 N–H and O–H groups in total. The number of hydrogen-bond acceptors (Lipinski definition) is 0. The summed E-state index contributed by atoms with van der Waals surface area (Å²) in [7, 11) is 4.58. The molecule has 0 rings (SSSR count). The topological polar surface area (TPSA) is 0 Å². The van der Waals surface area contributed by atoms with E-state index in [-0.39, 0.29) is 0 Å². The fourth-order valence-corrected chi connectivity index (χ4v) is 1.80. The minimum Gasteiger partial charge on any atom is -0.208 e. The molecule has 0 aliphatic heterocycles. The highest BCUT2D eigenvalue weighted by atomic mass is 32.3. The van der Waals surface area contributed by atoms with Crippen LogP contribution in [-0.2, 0) is 0 Å². The highest BCUT2D eigenvalue weighted by Gasteiger charge is 1.97. The molecule has 0 spiro atoms. The van der Waals surface area contributed by atoms with Crippen molar-refractivity contribution in [2.45, 2.75) is 6.92 Å². The Bertz CT molecular complexity index is 111. The van der Waals surface area contributed by atoms with Crippen molar-refractivity contribution < 1.29 is 0 Å². The van der Waals surface area contributed by atoms with Crippen molar-refractivity contribution in [1.29, 1.82) is 0 Å². The van der Waals surface area contributed by atoms with E-state index in [1.807, 2.05) is 12.3 Å². The zero-order chi connectivity index (χ0) is 7.33. The van der Waals surface area contributed by atoms with Gasteiger partial charge in [0.05, 0.1) is 0 Å². The van der Waals surface area contributed by atoms with Gasteiger partial charge in [-0.1, -0.05) is 11.5 Å². The average Bonchev–Trinajstić information content (AvgIpc) is 1.64. The fourth-order valence-electron chi connectivity index (χ4n) is 0.599. The second-order valence-electron chi connectivity index (χ2n) is 2.29. The maximum absolute atomic E-state index is 5.25.